The second-order valence-electron chi connectivity index (χ2n) is 6.34. The molecule has 3 aromatic rings. The normalized spacial score (nSPS) is 10.3. The number of carbonyl (C=O) groups is 2. The number of hydrogen-bond donors (Lipinski definition) is 2. The van der Waals surface area contributed by atoms with Crippen LogP contribution in [0.4, 0.5) is 11.5 Å². The van der Waals surface area contributed by atoms with Crippen LogP contribution in [0.1, 0.15) is 32.2 Å². The zero-order chi connectivity index (χ0) is 20.6. The van der Waals surface area contributed by atoms with Crippen molar-refractivity contribution < 1.29 is 14.3 Å². The van der Waals surface area contributed by atoms with Crippen molar-refractivity contribution in [3.8, 4) is 0 Å². The molecule has 1 heterocycles. The zero-order valence-electron chi connectivity index (χ0n) is 16.3. The Kier molecular flexibility index (Phi) is 6.52. The number of carbonyl (C=O) groups excluding carboxylic acids is 2. The molecule has 7 heteroatoms. The monoisotopic (exact) mass is 390 g/mol. The lowest BCUT2D eigenvalue weighted by Crippen LogP contribution is -2.18. The van der Waals surface area contributed by atoms with Gasteiger partial charge in [-0.25, -0.2) is 14.8 Å². The quantitative estimate of drug-likeness (QED) is 0.600. The van der Waals surface area contributed by atoms with Crippen molar-refractivity contribution in [3.63, 3.8) is 0 Å². The van der Waals surface area contributed by atoms with E-state index in [9.17, 15) is 9.59 Å². The Bertz CT molecular complexity index is 1010. The van der Waals surface area contributed by atoms with Crippen molar-refractivity contribution in [2.45, 2.75) is 13.3 Å². The lowest BCUT2D eigenvalue weighted by molar-refractivity contribution is 0.0602. The molecule has 7 nitrogen and oxygen atoms in total. The third-order valence-electron chi connectivity index (χ3n) is 4.21. The molecule has 0 saturated carbocycles. The molecule has 2 aromatic carbocycles. The third kappa shape index (κ3) is 5.38. The average molecular weight is 390 g/mol. The maximum absolute atomic E-state index is 12.7. The number of esters is 1. The number of nitrogens with zero attached hydrogens (tertiary/aromatic N) is 2. The predicted molar refractivity (Wildman–Crippen MR) is 111 cm³/mol. The molecule has 1 aromatic heterocycles. The molecule has 148 valence electrons. The Morgan fingerprint density at radius 1 is 1.00 bits per heavy atom. The van der Waals surface area contributed by atoms with Crippen molar-refractivity contribution in [1.82, 2.24) is 9.97 Å². The first kappa shape index (κ1) is 20.0. The molecule has 2 N–H and O–H groups in total. The number of ether oxygens (including phenoxy) is 1. The van der Waals surface area contributed by atoms with E-state index in [1.807, 2.05) is 18.2 Å². The van der Waals surface area contributed by atoms with Crippen molar-refractivity contribution in [2.75, 3.05) is 24.3 Å². The van der Waals surface area contributed by atoms with Crippen molar-refractivity contribution in [1.29, 1.82) is 0 Å². The largest absolute Gasteiger partial charge is 0.465 e. The topological polar surface area (TPSA) is 93.2 Å². The number of anilines is 2. The summed E-state index contributed by atoms with van der Waals surface area (Å²) in [6, 6.07) is 18.3. The minimum absolute atomic E-state index is 0.208. The van der Waals surface area contributed by atoms with Gasteiger partial charge in [0, 0.05) is 12.6 Å². The van der Waals surface area contributed by atoms with E-state index in [-0.39, 0.29) is 11.3 Å². The van der Waals surface area contributed by atoms with E-state index in [0.717, 1.165) is 6.42 Å². The summed E-state index contributed by atoms with van der Waals surface area (Å²) in [6.45, 7) is 2.40. The molecular formula is C22H22N4O3. The molecule has 0 aliphatic carbocycles. The first-order chi connectivity index (χ1) is 14.1. The Labute approximate surface area is 169 Å². The Hall–Kier alpha value is -3.74. The van der Waals surface area contributed by atoms with Gasteiger partial charge in [-0.1, -0.05) is 42.5 Å². The highest BCUT2D eigenvalue weighted by molar-refractivity contribution is 6.07. The molecular weight excluding hydrogens is 368 g/mol. The molecule has 29 heavy (non-hydrogen) atoms. The zero-order valence-corrected chi connectivity index (χ0v) is 16.3. The molecule has 0 saturated heterocycles. The summed E-state index contributed by atoms with van der Waals surface area (Å²) >= 11 is 0. The summed E-state index contributed by atoms with van der Waals surface area (Å²) < 4.78 is 4.76. The van der Waals surface area contributed by atoms with Gasteiger partial charge in [-0.3, -0.25) is 4.79 Å². The van der Waals surface area contributed by atoms with Crippen molar-refractivity contribution in [3.05, 3.63) is 83.3 Å². The van der Waals surface area contributed by atoms with Gasteiger partial charge in [-0.2, -0.15) is 0 Å². The molecule has 0 bridgehead atoms. The van der Waals surface area contributed by atoms with E-state index >= 15 is 0 Å². The first-order valence-electron chi connectivity index (χ1n) is 9.19. The lowest BCUT2D eigenvalue weighted by Gasteiger charge is -2.11. The minimum Gasteiger partial charge on any atom is -0.465 e. The van der Waals surface area contributed by atoms with E-state index in [2.05, 4.69) is 32.7 Å². The van der Waals surface area contributed by atoms with Crippen LogP contribution in [0.3, 0.4) is 0 Å². The van der Waals surface area contributed by atoms with Gasteiger partial charge in [0.05, 0.1) is 18.4 Å². The van der Waals surface area contributed by atoms with Crippen LogP contribution in [0.25, 0.3) is 0 Å². The van der Waals surface area contributed by atoms with Crippen LogP contribution in [0, 0.1) is 6.92 Å². The lowest BCUT2D eigenvalue weighted by atomic mass is 10.1. The molecule has 0 atom stereocenters. The third-order valence-corrected chi connectivity index (χ3v) is 4.21. The van der Waals surface area contributed by atoms with Gasteiger partial charge in [0.15, 0.2) is 0 Å². The van der Waals surface area contributed by atoms with Gasteiger partial charge in [0.25, 0.3) is 5.91 Å². The smallest absolute Gasteiger partial charge is 0.339 e. The highest BCUT2D eigenvalue weighted by Crippen LogP contribution is 2.17. The van der Waals surface area contributed by atoms with Gasteiger partial charge < -0.3 is 15.4 Å². The maximum atomic E-state index is 12.7. The van der Waals surface area contributed by atoms with Crippen LogP contribution < -0.4 is 10.6 Å². The summed E-state index contributed by atoms with van der Waals surface area (Å²) in [7, 11) is 1.29. The van der Waals surface area contributed by atoms with Gasteiger partial charge >= 0.3 is 5.97 Å². The highest BCUT2D eigenvalue weighted by atomic mass is 16.5. The average Bonchev–Trinajstić information content (AvgIpc) is 2.74. The van der Waals surface area contributed by atoms with Crippen LogP contribution in [0.5, 0.6) is 0 Å². The van der Waals surface area contributed by atoms with E-state index in [0.29, 0.717) is 23.9 Å². The SMILES string of the molecule is COC(=O)c1ccccc1NC(=O)c1cc(NCCc2ccccc2)nc(C)n1. The Balaban J connectivity index is 1.71. The number of benzene rings is 2. The highest BCUT2D eigenvalue weighted by Gasteiger charge is 2.16. The Morgan fingerprint density at radius 2 is 1.72 bits per heavy atom. The standard InChI is InChI=1S/C22H22N4O3/c1-15-24-19(14-20(25-15)23-13-12-16-8-4-3-5-9-16)21(27)26-18-11-7-6-10-17(18)22(28)29-2/h3-11,14H,12-13H2,1-2H3,(H,26,27)(H,23,24,25). The number of aromatic nitrogens is 2. The molecule has 0 unspecified atom stereocenters. The summed E-state index contributed by atoms with van der Waals surface area (Å²) in [5.74, 6) is 0.0851. The number of para-hydroxylation sites is 1. The number of amides is 1. The van der Waals surface area contributed by atoms with Crippen molar-refractivity contribution in [2.24, 2.45) is 0 Å². The summed E-state index contributed by atoms with van der Waals surface area (Å²) in [5, 5.41) is 5.95. The molecule has 0 fully saturated rings. The van der Waals surface area contributed by atoms with Crippen molar-refractivity contribution >= 4 is 23.4 Å². The number of methoxy groups -OCH3 is 1. The first-order valence-corrected chi connectivity index (χ1v) is 9.19. The summed E-state index contributed by atoms with van der Waals surface area (Å²) in [6.07, 6.45) is 0.831. The number of nitrogens with one attached hydrogen (secondary N) is 2. The van der Waals surface area contributed by atoms with Gasteiger partial charge in [-0.05, 0) is 31.0 Å². The van der Waals surface area contributed by atoms with E-state index in [1.165, 1.54) is 12.7 Å². The molecule has 1 amide bonds. The van der Waals surface area contributed by atoms with Crippen LogP contribution in [-0.2, 0) is 11.2 Å². The summed E-state index contributed by atoms with van der Waals surface area (Å²) in [4.78, 5) is 33.1. The van der Waals surface area contributed by atoms with Crippen LogP contribution in [0.15, 0.2) is 60.7 Å². The molecule has 0 aliphatic heterocycles. The summed E-state index contributed by atoms with van der Waals surface area (Å²) in [5.41, 5.74) is 2.05. The maximum Gasteiger partial charge on any atom is 0.339 e. The fraction of sp³-hybridized carbons (Fsp3) is 0.182. The fourth-order valence-corrected chi connectivity index (χ4v) is 2.82. The second kappa shape index (κ2) is 9.45. The number of aryl methyl sites for hydroxylation is 1. The molecule has 3 rings (SSSR count). The molecule has 0 spiro atoms. The number of hydrogen-bond acceptors (Lipinski definition) is 6. The van der Waals surface area contributed by atoms with E-state index < -0.39 is 11.9 Å². The van der Waals surface area contributed by atoms with E-state index in [4.69, 9.17) is 4.74 Å². The molecule has 0 aliphatic rings. The van der Waals surface area contributed by atoms with Gasteiger partial charge in [0.1, 0.15) is 17.3 Å². The fourth-order valence-electron chi connectivity index (χ4n) is 2.82. The molecule has 0 radical (unpaired) electrons. The number of rotatable bonds is 7. The second-order valence-corrected chi connectivity index (χ2v) is 6.34. The minimum atomic E-state index is -0.525. The van der Waals surface area contributed by atoms with Crippen LogP contribution in [-0.4, -0.2) is 35.5 Å². The van der Waals surface area contributed by atoms with Gasteiger partial charge in [0.2, 0.25) is 0 Å². The van der Waals surface area contributed by atoms with Gasteiger partial charge in [-0.15, -0.1) is 0 Å². The van der Waals surface area contributed by atoms with E-state index in [1.54, 1.807) is 37.3 Å². The predicted octanol–water partition coefficient (Wildman–Crippen LogP) is 3.48. The Morgan fingerprint density at radius 3 is 2.48 bits per heavy atom. The van der Waals surface area contributed by atoms with Crippen LogP contribution >= 0.6 is 0 Å². The van der Waals surface area contributed by atoms with Crippen LogP contribution in [0.2, 0.25) is 0 Å².